The molecule has 0 aliphatic heterocycles. The second-order valence-electron chi connectivity index (χ2n) is 9.29. The molecule has 1 aliphatic carbocycles. The lowest BCUT2D eigenvalue weighted by Crippen LogP contribution is -2.21. The number of anilines is 2. The molecule has 1 amide bonds. The topological polar surface area (TPSA) is 89.3 Å². The molecule has 3 aromatic rings. The molecular formula is C27H35N5O3S2. The van der Waals surface area contributed by atoms with E-state index in [2.05, 4.69) is 58.5 Å². The zero-order valence-electron chi connectivity index (χ0n) is 22.2. The summed E-state index contributed by atoms with van der Waals surface area (Å²) >= 11 is 2.82. The number of nitrogens with zero attached hydrogens (tertiary/aromatic N) is 4. The number of esters is 1. The summed E-state index contributed by atoms with van der Waals surface area (Å²) in [4.78, 5) is 29.2. The minimum Gasteiger partial charge on any atom is -0.459 e. The smallest absolute Gasteiger partial charge is 0.341 e. The highest BCUT2D eigenvalue weighted by Gasteiger charge is 2.28. The van der Waals surface area contributed by atoms with Gasteiger partial charge in [0.25, 0.3) is 0 Å². The van der Waals surface area contributed by atoms with Crippen molar-refractivity contribution in [3.63, 3.8) is 0 Å². The molecule has 1 N–H and O–H groups in total. The Morgan fingerprint density at radius 1 is 1.14 bits per heavy atom. The highest BCUT2D eigenvalue weighted by atomic mass is 32.2. The number of hydrogen-bond donors (Lipinski definition) is 1. The number of aryl methyl sites for hydroxylation is 1. The van der Waals surface area contributed by atoms with Crippen molar-refractivity contribution in [2.45, 2.75) is 64.6 Å². The van der Waals surface area contributed by atoms with E-state index < -0.39 is 0 Å². The number of benzene rings is 1. The maximum absolute atomic E-state index is 12.9. The molecule has 198 valence electrons. The lowest BCUT2D eigenvalue weighted by Gasteiger charge is -2.21. The highest BCUT2D eigenvalue weighted by molar-refractivity contribution is 7.99. The molecule has 0 radical (unpaired) electrons. The fourth-order valence-corrected chi connectivity index (χ4v) is 6.54. The first kappa shape index (κ1) is 27.2. The third-order valence-electron chi connectivity index (χ3n) is 6.39. The molecule has 8 nitrogen and oxygen atoms in total. The van der Waals surface area contributed by atoms with Crippen LogP contribution in [0.25, 0.3) is 11.4 Å². The van der Waals surface area contributed by atoms with E-state index in [-0.39, 0.29) is 23.7 Å². The van der Waals surface area contributed by atoms with Gasteiger partial charge in [0.1, 0.15) is 5.00 Å². The van der Waals surface area contributed by atoms with Gasteiger partial charge in [-0.1, -0.05) is 11.8 Å². The molecule has 0 saturated carbocycles. The van der Waals surface area contributed by atoms with Crippen LogP contribution in [0.5, 0.6) is 0 Å². The van der Waals surface area contributed by atoms with E-state index in [1.165, 1.54) is 33.7 Å². The molecule has 0 saturated heterocycles. The van der Waals surface area contributed by atoms with Gasteiger partial charge in [0.2, 0.25) is 5.91 Å². The van der Waals surface area contributed by atoms with Crippen LogP contribution in [0.2, 0.25) is 0 Å². The van der Waals surface area contributed by atoms with Crippen LogP contribution in [-0.4, -0.2) is 51.6 Å². The molecule has 2 heterocycles. The zero-order chi connectivity index (χ0) is 26.5. The van der Waals surface area contributed by atoms with Crippen molar-refractivity contribution in [2.75, 3.05) is 29.1 Å². The Bertz CT molecular complexity index is 1250. The number of ether oxygens (including phenoxy) is 1. The third-order valence-corrected chi connectivity index (χ3v) is 8.62. The minimum absolute atomic E-state index is 0.161. The predicted octanol–water partition coefficient (Wildman–Crippen LogP) is 5.56. The first-order chi connectivity index (χ1) is 17.8. The number of aromatic nitrogens is 3. The molecule has 2 aromatic heterocycles. The van der Waals surface area contributed by atoms with Crippen molar-refractivity contribution in [1.29, 1.82) is 0 Å². The molecular weight excluding hydrogens is 506 g/mol. The van der Waals surface area contributed by atoms with Crippen molar-refractivity contribution >= 4 is 45.7 Å². The second kappa shape index (κ2) is 12.1. The molecule has 0 spiro atoms. The summed E-state index contributed by atoms with van der Waals surface area (Å²) < 4.78 is 7.40. The Morgan fingerprint density at radius 2 is 1.84 bits per heavy atom. The van der Waals surface area contributed by atoms with E-state index in [1.54, 1.807) is 0 Å². The van der Waals surface area contributed by atoms with Crippen molar-refractivity contribution < 1.29 is 14.3 Å². The Kier molecular flexibility index (Phi) is 8.91. The maximum Gasteiger partial charge on any atom is 0.341 e. The van der Waals surface area contributed by atoms with E-state index in [0.717, 1.165) is 55.7 Å². The molecule has 0 unspecified atom stereocenters. The van der Waals surface area contributed by atoms with Gasteiger partial charge < -0.3 is 19.5 Å². The Labute approximate surface area is 226 Å². The van der Waals surface area contributed by atoms with Crippen LogP contribution in [0.15, 0.2) is 29.4 Å². The Hall–Kier alpha value is -2.85. The minimum atomic E-state index is -0.359. The Morgan fingerprint density at radius 3 is 2.51 bits per heavy atom. The zero-order valence-corrected chi connectivity index (χ0v) is 23.8. The van der Waals surface area contributed by atoms with Gasteiger partial charge in [0.05, 0.1) is 17.4 Å². The van der Waals surface area contributed by atoms with Crippen molar-refractivity contribution in [2.24, 2.45) is 7.05 Å². The lowest BCUT2D eigenvalue weighted by molar-refractivity contribution is -0.113. The number of nitrogens with one attached hydrogen (secondary N) is 1. The number of hydrogen-bond acceptors (Lipinski definition) is 8. The SMILES string of the molecule is CCN(CC)c1ccc(-c2nnc(SCC(=O)Nc3sc4c(c3C(=O)OC(C)C)CCCC4)n2C)cc1. The third kappa shape index (κ3) is 6.18. The predicted molar refractivity (Wildman–Crippen MR) is 151 cm³/mol. The fourth-order valence-electron chi connectivity index (χ4n) is 4.54. The number of thiophene rings is 1. The summed E-state index contributed by atoms with van der Waals surface area (Å²) in [7, 11) is 1.90. The fraction of sp³-hybridized carbons (Fsp3) is 0.481. The summed E-state index contributed by atoms with van der Waals surface area (Å²) in [5, 5.41) is 12.9. The van der Waals surface area contributed by atoms with Crippen molar-refractivity contribution in [3.05, 3.63) is 40.3 Å². The van der Waals surface area contributed by atoms with Crippen LogP contribution >= 0.6 is 23.1 Å². The lowest BCUT2D eigenvalue weighted by atomic mass is 9.95. The molecule has 0 fully saturated rings. The summed E-state index contributed by atoms with van der Waals surface area (Å²) in [6, 6.07) is 8.30. The molecule has 0 atom stereocenters. The summed E-state index contributed by atoms with van der Waals surface area (Å²) in [5.41, 5.74) is 3.71. The Balaban J connectivity index is 1.43. The van der Waals surface area contributed by atoms with Crippen LogP contribution in [-0.2, 0) is 29.4 Å². The number of fused-ring (bicyclic) bond motifs is 1. The number of rotatable bonds is 10. The van der Waals surface area contributed by atoms with E-state index in [0.29, 0.717) is 15.7 Å². The number of thioether (sulfide) groups is 1. The molecule has 4 rings (SSSR count). The quantitative estimate of drug-likeness (QED) is 0.265. The van der Waals surface area contributed by atoms with Gasteiger partial charge in [0.15, 0.2) is 11.0 Å². The summed E-state index contributed by atoms with van der Waals surface area (Å²) in [5.74, 6) is 0.366. The average molecular weight is 542 g/mol. The molecule has 1 aliphatic rings. The van der Waals surface area contributed by atoms with E-state index in [4.69, 9.17) is 4.74 Å². The van der Waals surface area contributed by atoms with Gasteiger partial charge in [-0.3, -0.25) is 4.79 Å². The second-order valence-corrected chi connectivity index (χ2v) is 11.3. The summed E-state index contributed by atoms with van der Waals surface area (Å²) in [6.45, 7) is 9.86. The molecule has 0 bridgehead atoms. The van der Waals surface area contributed by atoms with Crippen molar-refractivity contribution in [3.8, 4) is 11.4 Å². The highest BCUT2D eigenvalue weighted by Crippen LogP contribution is 2.39. The molecule has 10 heteroatoms. The van der Waals surface area contributed by atoms with Crippen LogP contribution in [0.4, 0.5) is 10.7 Å². The van der Waals surface area contributed by atoms with Crippen molar-refractivity contribution in [1.82, 2.24) is 14.8 Å². The largest absolute Gasteiger partial charge is 0.459 e. The average Bonchev–Trinajstić information content (AvgIpc) is 3.43. The first-order valence-corrected chi connectivity index (χ1v) is 14.6. The van der Waals surface area contributed by atoms with E-state index in [9.17, 15) is 9.59 Å². The van der Waals surface area contributed by atoms with E-state index in [1.807, 2.05) is 25.5 Å². The maximum atomic E-state index is 12.9. The number of carbonyl (C=O) groups excluding carboxylic acids is 2. The van der Waals surface area contributed by atoms with Crippen LogP contribution in [0.3, 0.4) is 0 Å². The van der Waals surface area contributed by atoms with Crippen LogP contribution in [0.1, 0.15) is 61.3 Å². The number of carbonyl (C=O) groups is 2. The molecule has 37 heavy (non-hydrogen) atoms. The van der Waals surface area contributed by atoms with E-state index >= 15 is 0 Å². The normalized spacial score (nSPS) is 12.9. The summed E-state index contributed by atoms with van der Waals surface area (Å²) in [6.07, 6.45) is 3.70. The van der Waals surface area contributed by atoms with Gasteiger partial charge in [-0.25, -0.2) is 4.79 Å². The number of amides is 1. The standard InChI is InChI=1S/C27H35N5O3S2/c1-6-32(7-2)19-14-12-18(13-15-19)24-29-30-27(31(24)5)36-16-22(33)28-25-23(26(34)35-17(3)4)20-10-8-9-11-21(20)37-25/h12-15,17H,6-11,16H2,1-5H3,(H,28,33). The van der Waals surface area contributed by atoms with Gasteiger partial charge in [-0.2, -0.15) is 0 Å². The monoisotopic (exact) mass is 541 g/mol. The van der Waals surface area contributed by atoms with Crippen LogP contribution in [0, 0.1) is 0 Å². The van der Waals surface area contributed by atoms with Gasteiger partial charge in [0, 0.05) is 36.3 Å². The van der Waals surface area contributed by atoms with Gasteiger partial charge in [-0.15, -0.1) is 21.5 Å². The van der Waals surface area contributed by atoms with Gasteiger partial charge >= 0.3 is 5.97 Å². The first-order valence-electron chi connectivity index (χ1n) is 12.8. The molecule has 1 aromatic carbocycles. The van der Waals surface area contributed by atoms with Crippen LogP contribution < -0.4 is 10.2 Å². The van der Waals surface area contributed by atoms with Gasteiger partial charge in [-0.05, 0) is 83.2 Å².